The maximum absolute atomic E-state index is 12.4. The first-order chi connectivity index (χ1) is 11.0. The normalized spacial score (nSPS) is 14.5. The van der Waals surface area contributed by atoms with Crippen molar-refractivity contribution < 1.29 is 14.4 Å². The summed E-state index contributed by atoms with van der Waals surface area (Å²) in [5, 5.41) is 0.201. The van der Waals surface area contributed by atoms with Crippen LogP contribution in [0.1, 0.15) is 30.9 Å². The molecule has 6 heteroatoms. The van der Waals surface area contributed by atoms with E-state index in [9.17, 15) is 14.4 Å². The van der Waals surface area contributed by atoms with Gasteiger partial charge in [-0.15, -0.1) is 0 Å². The van der Waals surface area contributed by atoms with Gasteiger partial charge in [-0.3, -0.25) is 19.3 Å². The molecule has 1 aliphatic heterocycles. The maximum atomic E-state index is 12.4. The number of alkyl halides is 1. The van der Waals surface area contributed by atoms with Gasteiger partial charge in [-0.25, -0.2) is 0 Å². The molecule has 5 nitrogen and oxygen atoms in total. The average molecular weight is 381 g/mol. The Morgan fingerprint density at radius 3 is 2.48 bits per heavy atom. The zero-order valence-electron chi connectivity index (χ0n) is 13.5. The molecule has 3 amide bonds. The Labute approximate surface area is 144 Å². The van der Waals surface area contributed by atoms with Crippen LogP contribution in [0.5, 0.6) is 0 Å². The van der Waals surface area contributed by atoms with E-state index >= 15 is 0 Å². The number of halogens is 1. The van der Waals surface area contributed by atoms with Crippen LogP contribution in [0.25, 0.3) is 0 Å². The number of aryl methyl sites for hydroxylation is 2. The highest BCUT2D eigenvalue weighted by Gasteiger charge is 2.30. The highest BCUT2D eigenvalue weighted by Crippen LogP contribution is 2.26. The third-order valence-electron chi connectivity index (χ3n) is 4.09. The predicted molar refractivity (Wildman–Crippen MR) is 92.7 cm³/mol. The fourth-order valence-corrected chi connectivity index (χ4v) is 3.20. The molecule has 0 spiro atoms. The van der Waals surface area contributed by atoms with Crippen molar-refractivity contribution in [2.45, 2.75) is 33.1 Å². The molecule has 1 saturated heterocycles. The SMILES string of the molecule is CCc1cccc(C)c1N(CCN1C(=O)CCC1=O)C(=O)CBr. The van der Waals surface area contributed by atoms with E-state index < -0.39 is 0 Å². The largest absolute Gasteiger partial charge is 0.309 e. The third-order valence-corrected chi connectivity index (χ3v) is 4.57. The quantitative estimate of drug-likeness (QED) is 0.562. The molecule has 0 bridgehead atoms. The summed E-state index contributed by atoms with van der Waals surface area (Å²) in [5.74, 6) is -0.378. The Bertz CT molecular complexity index is 614. The van der Waals surface area contributed by atoms with E-state index in [1.165, 1.54) is 4.90 Å². The maximum Gasteiger partial charge on any atom is 0.237 e. The van der Waals surface area contributed by atoms with E-state index in [1.807, 2.05) is 32.0 Å². The lowest BCUT2D eigenvalue weighted by Crippen LogP contribution is -2.42. The van der Waals surface area contributed by atoms with Crippen LogP contribution in [-0.4, -0.2) is 41.0 Å². The van der Waals surface area contributed by atoms with Crippen molar-refractivity contribution in [1.29, 1.82) is 0 Å². The molecule has 0 atom stereocenters. The molecule has 0 aliphatic carbocycles. The number of carbonyl (C=O) groups is 3. The monoisotopic (exact) mass is 380 g/mol. The minimum atomic E-state index is -0.151. The number of nitrogens with zero attached hydrogens (tertiary/aromatic N) is 2. The molecule has 1 fully saturated rings. The van der Waals surface area contributed by atoms with Gasteiger partial charge in [0, 0.05) is 31.6 Å². The van der Waals surface area contributed by atoms with Crippen molar-refractivity contribution in [2.75, 3.05) is 23.3 Å². The topological polar surface area (TPSA) is 57.7 Å². The first kappa shape index (κ1) is 17.7. The van der Waals surface area contributed by atoms with Crippen molar-refractivity contribution >= 4 is 39.3 Å². The second-order valence-corrected chi connectivity index (χ2v) is 6.12. The van der Waals surface area contributed by atoms with Crippen LogP contribution in [0, 0.1) is 6.92 Å². The summed E-state index contributed by atoms with van der Waals surface area (Å²) in [6.07, 6.45) is 1.36. The molecule has 0 unspecified atom stereocenters. The summed E-state index contributed by atoms with van der Waals surface area (Å²) < 4.78 is 0. The Balaban J connectivity index is 2.26. The van der Waals surface area contributed by atoms with Gasteiger partial charge in [-0.05, 0) is 24.5 Å². The highest BCUT2D eigenvalue weighted by atomic mass is 79.9. The second kappa shape index (κ2) is 7.73. The van der Waals surface area contributed by atoms with Crippen LogP contribution < -0.4 is 4.90 Å². The number of benzene rings is 1. The lowest BCUT2D eigenvalue weighted by Gasteiger charge is -2.28. The number of hydrogen-bond acceptors (Lipinski definition) is 3. The van der Waals surface area contributed by atoms with E-state index in [0.29, 0.717) is 6.54 Å². The molecule has 1 aliphatic rings. The lowest BCUT2D eigenvalue weighted by atomic mass is 10.0. The molecule has 23 heavy (non-hydrogen) atoms. The van der Waals surface area contributed by atoms with Gasteiger partial charge in [0.25, 0.3) is 0 Å². The molecule has 1 aromatic rings. The van der Waals surface area contributed by atoms with Crippen LogP contribution in [0.4, 0.5) is 5.69 Å². The van der Waals surface area contributed by atoms with Gasteiger partial charge < -0.3 is 4.90 Å². The minimum Gasteiger partial charge on any atom is -0.309 e. The minimum absolute atomic E-state index is 0.0758. The van der Waals surface area contributed by atoms with Gasteiger partial charge in [-0.1, -0.05) is 41.1 Å². The van der Waals surface area contributed by atoms with E-state index in [-0.39, 0.29) is 42.4 Å². The van der Waals surface area contributed by atoms with E-state index in [4.69, 9.17) is 0 Å². The fraction of sp³-hybridized carbons (Fsp3) is 0.471. The summed E-state index contributed by atoms with van der Waals surface area (Å²) in [4.78, 5) is 38.8. The van der Waals surface area contributed by atoms with E-state index in [0.717, 1.165) is 23.2 Å². The molecular formula is C17H21BrN2O3. The third kappa shape index (κ3) is 3.80. The zero-order valence-corrected chi connectivity index (χ0v) is 15.1. The van der Waals surface area contributed by atoms with Gasteiger partial charge in [0.15, 0.2) is 0 Å². The molecule has 1 aromatic carbocycles. The Morgan fingerprint density at radius 1 is 1.26 bits per heavy atom. The highest BCUT2D eigenvalue weighted by molar-refractivity contribution is 9.09. The summed E-state index contributed by atoms with van der Waals surface area (Å²) in [6.45, 7) is 4.57. The van der Waals surface area contributed by atoms with Crippen molar-refractivity contribution in [3.63, 3.8) is 0 Å². The Morgan fingerprint density at radius 2 is 1.91 bits per heavy atom. The average Bonchev–Trinajstić information content (AvgIpc) is 2.87. The van der Waals surface area contributed by atoms with Crippen molar-refractivity contribution in [3.05, 3.63) is 29.3 Å². The van der Waals surface area contributed by atoms with Gasteiger partial charge in [0.05, 0.1) is 5.33 Å². The second-order valence-electron chi connectivity index (χ2n) is 5.55. The first-order valence-electron chi connectivity index (χ1n) is 7.77. The van der Waals surface area contributed by atoms with E-state index in [2.05, 4.69) is 15.9 Å². The Hall–Kier alpha value is -1.69. The van der Waals surface area contributed by atoms with Crippen LogP contribution in [0.2, 0.25) is 0 Å². The molecule has 2 rings (SSSR count). The van der Waals surface area contributed by atoms with Crippen LogP contribution in [0.15, 0.2) is 18.2 Å². The van der Waals surface area contributed by atoms with Gasteiger partial charge in [0.2, 0.25) is 17.7 Å². The van der Waals surface area contributed by atoms with Crippen molar-refractivity contribution in [1.82, 2.24) is 4.90 Å². The number of carbonyl (C=O) groups excluding carboxylic acids is 3. The molecule has 0 aromatic heterocycles. The first-order valence-corrected chi connectivity index (χ1v) is 8.89. The molecule has 1 heterocycles. The molecule has 0 saturated carbocycles. The number of imide groups is 1. The summed E-state index contributed by atoms with van der Waals surface area (Å²) >= 11 is 3.22. The lowest BCUT2D eigenvalue weighted by molar-refractivity contribution is -0.138. The number of hydrogen-bond donors (Lipinski definition) is 0. The van der Waals surface area contributed by atoms with Gasteiger partial charge >= 0.3 is 0 Å². The molecule has 0 radical (unpaired) electrons. The number of para-hydroxylation sites is 1. The van der Waals surface area contributed by atoms with Crippen LogP contribution in [-0.2, 0) is 20.8 Å². The standard InChI is InChI=1S/C17H21BrN2O3/c1-3-13-6-4-5-12(2)17(13)20(16(23)11-18)10-9-19-14(21)7-8-15(19)22/h4-6H,3,7-11H2,1-2H3. The molecule has 0 N–H and O–H groups in total. The zero-order chi connectivity index (χ0) is 17.0. The number of likely N-dealkylation sites (tertiary alicyclic amines) is 1. The van der Waals surface area contributed by atoms with Crippen molar-refractivity contribution in [2.24, 2.45) is 0 Å². The van der Waals surface area contributed by atoms with E-state index in [1.54, 1.807) is 4.90 Å². The van der Waals surface area contributed by atoms with Crippen LogP contribution >= 0.6 is 15.9 Å². The summed E-state index contributed by atoms with van der Waals surface area (Å²) in [7, 11) is 0. The fourth-order valence-electron chi connectivity index (χ4n) is 2.90. The Kier molecular flexibility index (Phi) is 5.93. The summed E-state index contributed by atoms with van der Waals surface area (Å²) in [6, 6.07) is 5.94. The molecule has 124 valence electrons. The molecular weight excluding hydrogens is 360 g/mol. The van der Waals surface area contributed by atoms with Gasteiger partial charge in [0.1, 0.15) is 0 Å². The van der Waals surface area contributed by atoms with Crippen LogP contribution in [0.3, 0.4) is 0 Å². The smallest absolute Gasteiger partial charge is 0.237 e. The number of rotatable bonds is 6. The van der Waals surface area contributed by atoms with Crippen molar-refractivity contribution in [3.8, 4) is 0 Å². The number of amides is 3. The summed E-state index contributed by atoms with van der Waals surface area (Å²) in [5.41, 5.74) is 2.98. The predicted octanol–water partition coefficient (Wildman–Crippen LogP) is 2.43. The number of anilines is 1. The van der Waals surface area contributed by atoms with Gasteiger partial charge in [-0.2, -0.15) is 0 Å².